The molecule has 0 radical (unpaired) electrons. The first-order valence-electron chi connectivity index (χ1n) is 6.76. The largest absolute Gasteiger partial charge is 0.336 e. The number of nitrogens with zero attached hydrogens (tertiary/aromatic N) is 2. The predicted octanol–water partition coefficient (Wildman–Crippen LogP) is 4.55. The van der Waals surface area contributed by atoms with Crippen molar-refractivity contribution in [2.75, 3.05) is 22.4 Å². The van der Waals surface area contributed by atoms with Crippen LogP contribution in [-0.2, 0) is 0 Å². The minimum absolute atomic E-state index is 0.636. The highest BCUT2D eigenvalue weighted by Crippen LogP contribution is 2.33. The molecule has 0 aliphatic heterocycles. The van der Waals surface area contributed by atoms with Crippen molar-refractivity contribution in [1.82, 2.24) is 0 Å². The molecule has 0 amide bonds. The van der Waals surface area contributed by atoms with Gasteiger partial charge in [-0.15, -0.1) is 0 Å². The van der Waals surface area contributed by atoms with Gasteiger partial charge in [0, 0.05) is 24.5 Å². The second-order valence-corrected chi connectivity index (χ2v) is 5.54. The third kappa shape index (κ3) is 3.71. The summed E-state index contributed by atoms with van der Waals surface area (Å²) in [6, 6.07) is 21.2. The Morgan fingerprint density at radius 1 is 0.684 bits per heavy atom. The molecule has 3 heteroatoms. The van der Waals surface area contributed by atoms with Gasteiger partial charge in [-0.25, -0.2) is 0 Å². The quantitative estimate of drug-likeness (QED) is 0.712. The first-order chi connectivity index (χ1) is 9.35. The van der Waals surface area contributed by atoms with Gasteiger partial charge in [0.1, 0.15) is 0 Å². The van der Waals surface area contributed by atoms with Gasteiger partial charge in [-0.3, -0.25) is 0 Å². The zero-order valence-electron chi connectivity index (χ0n) is 11.6. The molecular weight excluding hydrogens is 251 g/mol. The van der Waals surface area contributed by atoms with Crippen LogP contribution in [0.25, 0.3) is 0 Å². The highest BCUT2D eigenvalue weighted by Gasteiger charge is 2.10. The first kappa shape index (κ1) is 13.9. The Hall–Kier alpha value is -1.53. The fourth-order valence-corrected chi connectivity index (χ4v) is 3.09. The highest BCUT2D eigenvalue weighted by atomic mass is 31.1. The topological polar surface area (TPSA) is 6.48 Å². The van der Waals surface area contributed by atoms with E-state index in [9.17, 15) is 0 Å². The number of anilines is 2. The lowest BCUT2D eigenvalue weighted by molar-refractivity contribution is 1.06. The smallest absolute Gasteiger partial charge is 0.0798 e. The van der Waals surface area contributed by atoms with Crippen LogP contribution in [0.1, 0.15) is 13.8 Å². The Morgan fingerprint density at radius 3 is 1.37 bits per heavy atom. The molecule has 0 bridgehead atoms. The molecule has 2 nitrogen and oxygen atoms in total. The van der Waals surface area contributed by atoms with Crippen molar-refractivity contribution in [1.29, 1.82) is 0 Å². The van der Waals surface area contributed by atoms with Crippen LogP contribution in [0.5, 0.6) is 0 Å². The summed E-state index contributed by atoms with van der Waals surface area (Å²) < 4.78 is 4.83. The fourth-order valence-electron chi connectivity index (χ4n) is 1.98. The highest BCUT2D eigenvalue weighted by molar-refractivity contribution is 7.42. The van der Waals surface area contributed by atoms with Crippen molar-refractivity contribution >= 4 is 20.3 Å². The van der Waals surface area contributed by atoms with Gasteiger partial charge in [0.25, 0.3) is 0 Å². The molecule has 0 saturated carbocycles. The lowest BCUT2D eigenvalue weighted by atomic mass is 10.3. The van der Waals surface area contributed by atoms with E-state index in [1.807, 2.05) is 0 Å². The molecule has 0 N–H and O–H groups in total. The summed E-state index contributed by atoms with van der Waals surface area (Å²) in [5, 5.41) is 0. The Kier molecular flexibility index (Phi) is 5.23. The maximum absolute atomic E-state index is 2.41. The van der Waals surface area contributed by atoms with Crippen LogP contribution in [0, 0.1) is 0 Å². The maximum Gasteiger partial charge on any atom is 0.0798 e. The number of rotatable bonds is 6. The summed E-state index contributed by atoms with van der Waals surface area (Å²) in [7, 11) is 0.636. The number of benzene rings is 2. The molecule has 0 atom stereocenters. The lowest BCUT2D eigenvalue weighted by Gasteiger charge is -2.31. The van der Waals surface area contributed by atoms with Gasteiger partial charge in [-0.1, -0.05) is 36.4 Å². The van der Waals surface area contributed by atoms with E-state index in [2.05, 4.69) is 83.9 Å². The minimum atomic E-state index is 0.636. The molecule has 0 aliphatic rings. The summed E-state index contributed by atoms with van der Waals surface area (Å²) in [5.41, 5.74) is 2.58. The molecule has 0 unspecified atom stereocenters. The second-order valence-electron chi connectivity index (χ2n) is 4.26. The average molecular weight is 272 g/mol. The maximum atomic E-state index is 2.41. The van der Waals surface area contributed by atoms with Crippen molar-refractivity contribution in [2.45, 2.75) is 13.8 Å². The average Bonchev–Trinajstić information content (AvgIpc) is 2.50. The van der Waals surface area contributed by atoms with Crippen LogP contribution in [0.4, 0.5) is 11.4 Å². The standard InChI is InChI=1S/C16H21N2P/c1-3-17(15-11-7-5-8-12-15)19-18(4-2)16-13-9-6-10-14-16/h5-14,19H,3-4H2,1-2H3. The normalized spacial score (nSPS) is 10.2. The van der Waals surface area contributed by atoms with E-state index in [4.69, 9.17) is 0 Å². The molecule has 100 valence electrons. The van der Waals surface area contributed by atoms with Crippen molar-refractivity contribution in [3.8, 4) is 0 Å². The Morgan fingerprint density at radius 2 is 1.05 bits per heavy atom. The molecule has 0 spiro atoms. The van der Waals surface area contributed by atoms with Gasteiger partial charge >= 0.3 is 0 Å². The van der Waals surface area contributed by atoms with E-state index in [0.29, 0.717) is 8.88 Å². The molecule has 2 aromatic carbocycles. The Labute approximate surface area is 117 Å². The van der Waals surface area contributed by atoms with Crippen molar-refractivity contribution < 1.29 is 0 Å². The van der Waals surface area contributed by atoms with E-state index in [0.717, 1.165) is 13.1 Å². The van der Waals surface area contributed by atoms with Gasteiger partial charge in [-0.2, -0.15) is 0 Å². The molecule has 19 heavy (non-hydrogen) atoms. The minimum Gasteiger partial charge on any atom is -0.336 e. The molecule has 2 aromatic rings. The molecule has 0 fully saturated rings. The van der Waals surface area contributed by atoms with Gasteiger partial charge < -0.3 is 9.34 Å². The van der Waals surface area contributed by atoms with Crippen molar-refractivity contribution in [2.24, 2.45) is 0 Å². The van der Waals surface area contributed by atoms with Gasteiger partial charge in [-0.05, 0) is 38.1 Å². The third-order valence-corrected chi connectivity index (χ3v) is 4.64. The molecular formula is C16H21N2P. The summed E-state index contributed by atoms with van der Waals surface area (Å²) in [5.74, 6) is 0. The molecule has 0 aliphatic carbocycles. The molecule has 0 aromatic heterocycles. The van der Waals surface area contributed by atoms with E-state index in [1.165, 1.54) is 11.4 Å². The van der Waals surface area contributed by atoms with Crippen LogP contribution in [0.3, 0.4) is 0 Å². The zero-order valence-corrected chi connectivity index (χ0v) is 12.6. The number of hydrogen-bond donors (Lipinski definition) is 0. The predicted molar refractivity (Wildman–Crippen MR) is 87.2 cm³/mol. The van der Waals surface area contributed by atoms with Crippen LogP contribution in [0.15, 0.2) is 60.7 Å². The number of hydrogen-bond acceptors (Lipinski definition) is 2. The summed E-state index contributed by atoms with van der Waals surface area (Å²) in [6.07, 6.45) is 0. The van der Waals surface area contributed by atoms with Crippen LogP contribution in [0.2, 0.25) is 0 Å². The summed E-state index contributed by atoms with van der Waals surface area (Å²) in [6.45, 7) is 6.45. The zero-order chi connectivity index (χ0) is 13.5. The lowest BCUT2D eigenvalue weighted by Crippen LogP contribution is -2.22. The first-order valence-corrected chi connectivity index (χ1v) is 7.66. The SMILES string of the molecule is CCN(PN(CC)c1ccccc1)c1ccccc1. The van der Waals surface area contributed by atoms with Crippen LogP contribution < -0.4 is 9.34 Å². The molecule has 0 saturated heterocycles. The van der Waals surface area contributed by atoms with Crippen molar-refractivity contribution in [3.63, 3.8) is 0 Å². The van der Waals surface area contributed by atoms with E-state index in [-0.39, 0.29) is 0 Å². The number of para-hydroxylation sites is 2. The van der Waals surface area contributed by atoms with Gasteiger partial charge in [0.2, 0.25) is 0 Å². The van der Waals surface area contributed by atoms with Crippen LogP contribution in [-0.4, -0.2) is 13.1 Å². The molecule has 2 rings (SSSR count). The molecule has 0 heterocycles. The van der Waals surface area contributed by atoms with E-state index >= 15 is 0 Å². The Balaban J connectivity index is 2.13. The fraction of sp³-hybridized carbons (Fsp3) is 0.250. The Bertz CT molecular complexity index is 427. The second kappa shape index (κ2) is 7.16. The van der Waals surface area contributed by atoms with E-state index < -0.39 is 0 Å². The van der Waals surface area contributed by atoms with Gasteiger partial charge in [0.15, 0.2) is 0 Å². The van der Waals surface area contributed by atoms with Gasteiger partial charge in [0.05, 0.1) is 8.88 Å². The monoisotopic (exact) mass is 272 g/mol. The van der Waals surface area contributed by atoms with Crippen molar-refractivity contribution in [3.05, 3.63) is 60.7 Å². The summed E-state index contributed by atoms with van der Waals surface area (Å²) in [4.78, 5) is 0. The van der Waals surface area contributed by atoms with Crippen LogP contribution >= 0.6 is 8.88 Å². The third-order valence-electron chi connectivity index (χ3n) is 3.01. The van der Waals surface area contributed by atoms with E-state index in [1.54, 1.807) is 0 Å². The summed E-state index contributed by atoms with van der Waals surface area (Å²) >= 11 is 0.